The van der Waals surface area contributed by atoms with E-state index < -0.39 is 0 Å². The van der Waals surface area contributed by atoms with Crippen LogP contribution < -0.4 is 0 Å². The predicted octanol–water partition coefficient (Wildman–Crippen LogP) is 7.75. The summed E-state index contributed by atoms with van der Waals surface area (Å²) in [6.45, 7) is 0. The van der Waals surface area contributed by atoms with E-state index in [1.165, 1.54) is 14.7 Å². The topological polar surface area (TPSA) is 25.8 Å². The first kappa shape index (κ1) is 19.6. The van der Waals surface area contributed by atoms with Gasteiger partial charge in [-0.1, -0.05) is 91.0 Å². The first-order chi connectivity index (χ1) is 15.3. The zero-order valence-electron chi connectivity index (χ0n) is 16.7. The fraction of sp³-hybridized carbons (Fsp3) is 0. The minimum atomic E-state index is 0.733. The van der Waals surface area contributed by atoms with Gasteiger partial charge in [-0.25, -0.2) is 9.97 Å². The van der Waals surface area contributed by atoms with Gasteiger partial charge in [-0.2, -0.15) is 0 Å². The predicted molar refractivity (Wildman–Crippen MR) is 136 cm³/mol. The van der Waals surface area contributed by atoms with Gasteiger partial charge in [0.25, 0.3) is 0 Å². The van der Waals surface area contributed by atoms with Gasteiger partial charge in [-0.3, -0.25) is 0 Å². The quantitative estimate of drug-likeness (QED) is 0.231. The first-order valence-corrected chi connectivity index (χ1v) is 11.2. The van der Waals surface area contributed by atoms with Gasteiger partial charge in [0.1, 0.15) is 0 Å². The summed E-state index contributed by atoms with van der Waals surface area (Å²) in [5.74, 6) is 0.733. The Labute approximate surface area is 195 Å². The van der Waals surface area contributed by atoms with Gasteiger partial charge in [0.15, 0.2) is 5.82 Å². The van der Waals surface area contributed by atoms with Crippen LogP contribution in [0.5, 0.6) is 0 Å². The van der Waals surface area contributed by atoms with Crippen LogP contribution >= 0.6 is 22.6 Å². The zero-order chi connectivity index (χ0) is 21.0. The normalized spacial score (nSPS) is 10.7. The van der Waals surface area contributed by atoms with Gasteiger partial charge >= 0.3 is 0 Å². The third-order valence-electron chi connectivity index (χ3n) is 5.14. The minimum absolute atomic E-state index is 0.733. The highest BCUT2D eigenvalue weighted by atomic mass is 127. The summed E-state index contributed by atoms with van der Waals surface area (Å²) in [6.07, 6.45) is 0. The Morgan fingerprint density at radius 2 is 0.935 bits per heavy atom. The molecule has 0 spiro atoms. The van der Waals surface area contributed by atoms with E-state index in [1.807, 2.05) is 24.3 Å². The van der Waals surface area contributed by atoms with E-state index in [0.717, 1.165) is 33.9 Å². The number of rotatable bonds is 4. The molecule has 0 unspecified atom stereocenters. The molecule has 2 nitrogen and oxygen atoms in total. The van der Waals surface area contributed by atoms with Crippen molar-refractivity contribution in [3.05, 3.63) is 119 Å². The number of hydrogen-bond donors (Lipinski definition) is 0. The number of aromatic nitrogens is 2. The highest BCUT2D eigenvalue weighted by Crippen LogP contribution is 2.30. The van der Waals surface area contributed by atoms with Gasteiger partial charge in [0.05, 0.1) is 11.4 Å². The lowest BCUT2D eigenvalue weighted by atomic mass is 10.0. The molecule has 0 atom stereocenters. The molecule has 0 aliphatic rings. The van der Waals surface area contributed by atoms with Crippen molar-refractivity contribution in [3.63, 3.8) is 0 Å². The molecule has 3 heteroatoms. The fourth-order valence-electron chi connectivity index (χ4n) is 3.60. The molecule has 5 aromatic rings. The van der Waals surface area contributed by atoms with Crippen molar-refractivity contribution in [3.8, 4) is 45.0 Å². The van der Waals surface area contributed by atoms with Crippen molar-refractivity contribution in [2.75, 3.05) is 0 Å². The van der Waals surface area contributed by atoms with Gasteiger partial charge in [0, 0.05) is 20.3 Å². The average molecular weight is 510 g/mol. The Morgan fingerprint density at radius 3 is 1.58 bits per heavy atom. The Hall–Kier alpha value is -3.31. The molecule has 0 aliphatic carbocycles. The summed E-state index contributed by atoms with van der Waals surface area (Å²) in [4.78, 5) is 9.85. The SMILES string of the molecule is Ic1cccc(-c2cc(-c3cccc(-c4ccccc4)c3)nc(-c3ccccc3)n2)c1. The molecule has 0 bridgehead atoms. The van der Waals surface area contributed by atoms with Crippen molar-refractivity contribution in [2.24, 2.45) is 0 Å². The maximum absolute atomic E-state index is 4.94. The first-order valence-electron chi connectivity index (χ1n) is 10.1. The van der Waals surface area contributed by atoms with Crippen LogP contribution in [0, 0.1) is 3.57 Å². The highest BCUT2D eigenvalue weighted by molar-refractivity contribution is 14.1. The molecule has 0 aliphatic heterocycles. The maximum atomic E-state index is 4.94. The third-order valence-corrected chi connectivity index (χ3v) is 5.81. The molecule has 0 saturated carbocycles. The number of benzene rings is 4. The summed E-state index contributed by atoms with van der Waals surface area (Å²) < 4.78 is 1.18. The van der Waals surface area contributed by atoms with Crippen molar-refractivity contribution in [2.45, 2.75) is 0 Å². The Balaban J connectivity index is 1.67. The van der Waals surface area contributed by atoms with Crippen molar-refractivity contribution in [1.82, 2.24) is 9.97 Å². The largest absolute Gasteiger partial charge is 0.228 e. The molecule has 0 amide bonds. The third kappa shape index (κ3) is 4.42. The molecular weight excluding hydrogens is 491 g/mol. The summed E-state index contributed by atoms with van der Waals surface area (Å²) in [7, 11) is 0. The van der Waals surface area contributed by atoms with Crippen LogP contribution in [-0.2, 0) is 0 Å². The molecular formula is C28H19IN2. The summed E-state index contributed by atoms with van der Waals surface area (Å²) >= 11 is 2.34. The lowest BCUT2D eigenvalue weighted by Gasteiger charge is -2.11. The van der Waals surface area contributed by atoms with Crippen molar-refractivity contribution in [1.29, 1.82) is 0 Å². The van der Waals surface area contributed by atoms with Crippen LogP contribution in [-0.4, -0.2) is 9.97 Å². The van der Waals surface area contributed by atoms with Crippen LogP contribution in [0.2, 0.25) is 0 Å². The molecule has 0 saturated heterocycles. The van der Waals surface area contributed by atoms with Gasteiger partial charge in [-0.05, 0) is 58.0 Å². The molecule has 4 aromatic carbocycles. The molecule has 148 valence electrons. The Bertz CT molecular complexity index is 1330. The molecule has 5 rings (SSSR count). The second kappa shape index (κ2) is 8.82. The van der Waals surface area contributed by atoms with Crippen molar-refractivity contribution >= 4 is 22.6 Å². The summed E-state index contributed by atoms with van der Waals surface area (Å²) in [5.41, 5.74) is 7.39. The molecule has 0 fully saturated rings. The van der Waals surface area contributed by atoms with Crippen LogP contribution in [0.15, 0.2) is 115 Å². The van der Waals surface area contributed by atoms with E-state index in [0.29, 0.717) is 0 Å². The molecule has 1 heterocycles. The van der Waals surface area contributed by atoms with Crippen LogP contribution in [0.4, 0.5) is 0 Å². The van der Waals surface area contributed by atoms with E-state index >= 15 is 0 Å². The molecule has 0 N–H and O–H groups in total. The van der Waals surface area contributed by atoms with E-state index in [9.17, 15) is 0 Å². The van der Waals surface area contributed by atoms with Crippen LogP contribution in [0.25, 0.3) is 45.0 Å². The highest BCUT2D eigenvalue weighted by Gasteiger charge is 2.11. The second-order valence-electron chi connectivity index (χ2n) is 7.29. The lowest BCUT2D eigenvalue weighted by molar-refractivity contribution is 1.18. The van der Waals surface area contributed by atoms with Crippen molar-refractivity contribution < 1.29 is 0 Å². The minimum Gasteiger partial charge on any atom is -0.228 e. The van der Waals surface area contributed by atoms with E-state index in [4.69, 9.17) is 9.97 Å². The van der Waals surface area contributed by atoms with E-state index in [2.05, 4.69) is 114 Å². The molecule has 0 radical (unpaired) electrons. The molecule has 1 aromatic heterocycles. The van der Waals surface area contributed by atoms with Crippen LogP contribution in [0.3, 0.4) is 0 Å². The van der Waals surface area contributed by atoms with Gasteiger partial charge in [-0.15, -0.1) is 0 Å². The Kier molecular flexibility index (Phi) is 5.59. The number of hydrogen-bond acceptors (Lipinski definition) is 2. The second-order valence-corrected chi connectivity index (χ2v) is 8.53. The fourth-order valence-corrected chi connectivity index (χ4v) is 4.14. The monoisotopic (exact) mass is 510 g/mol. The van der Waals surface area contributed by atoms with Crippen LogP contribution in [0.1, 0.15) is 0 Å². The van der Waals surface area contributed by atoms with E-state index in [1.54, 1.807) is 0 Å². The Morgan fingerprint density at radius 1 is 0.419 bits per heavy atom. The molecule has 31 heavy (non-hydrogen) atoms. The summed E-state index contributed by atoms with van der Waals surface area (Å²) in [6, 6.07) is 39.6. The average Bonchev–Trinajstić information content (AvgIpc) is 2.85. The standard InChI is InChI=1S/C28H19IN2/c29-25-16-8-15-24(18-25)27-19-26(30-28(31-27)21-11-5-2-6-12-21)23-14-7-13-22(17-23)20-9-3-1-4-10-20/h1-19H. The van der Waals surface area contributed by atoms with Gasteiger partial charge < -0.3 is 0 Å². The van der Waals surface area contributed by atoms with Gasteiger partial charge in [0.2, 0.25) is 0 Å². The number of halogens is 1. The zero-order valence-corrected chi connectivity index (χ0v) is 18.9. The maximum Gasteiger partial charge on any atom is 0.160 e. The lowest BCUT2D eigenvalue weighted by Crippen LogP contribution is -1.96. The smallest absolute Gasteiger partial charge is 0.160 e. The van der Waals surface area contributed by atoms with E-state index in [-0.39, 0.29) is 0 Å². The number of nitrogens with zero attached hydrogens (tertiary/aromatic N) is 2. The summed E-state index contributed by atoms with van der Waals surface area (Å²) in [5, 5.41) is 0.